The summed E-state index contributed by atoms with van der Waals surface area (Å²) in [5, 5.41) is 3.51. The summed E-state index contributed by atoms with van der Waals surface area (Å²) in [5.41, 5.74) is 8.08. The fraction of sp³-hybridized carbons (Fsp3) is 0.562. The van der Waals surface area contributed by atoms with Crippen LogP contribution in [0.1, 0.15) is 55.8 Å². The van der Waals surface area contributed by atoms with Gasteiger partial charge in [0.05, 0.1) is 23.5 Å². The molecule has 110 valence electrons. The van der Waals surface area contributed by atoms with Gasteiger partial charge in [0, 0.05) is 6.04 Å². The zero-order valence-corrected chi connectivity index (χ0v) is 12.2. The molecule has 0 bridgehead atoms. The number of carbonyl (C=O) groups is 1. The minimum atomic E-state index is -0.319. The summed E-state index contributed by atoms with van der Waals surface area (Å²) in [6.45, 7) is 2.17. The molecule has 0 unspecified atom stereocenters. The number of rotatable bonds is 4. The normalized spacial score (nSPS) is 16.4. The molecule has 0 amide bonds. The zero-order valence-electron chi connectivity index (χ0n) is 12.2. The van der Waals surface area contributed by atoms with Gasteiger partial charge in [0.25, 0.3) is 0 Å². The van der Waals surface area contributed by atoms with Crippen molar-refractivity contribution < 1.29 is 9.53 Å². The van der Waals surface area contributed by atoms with Crippen LogP contribution in [0, 0.1) is 0 Å². The number of hydrogen-bond donors (Lipinski definition) is 2. The van der Waals surface area contributed by atoms with Gasteiger partial charge in [-0.15, -0.1) is 0 Å². The van der Waals surface area contributed by atoms with E-state index in [2.05, 4.69) is 5.32 Å². The fourth-order valence-electron chi connectivity index (χ4n) is 2.68. The molecule has 1 aliphatic rings. The highest BCUT2D eigenvalue weighted by Crippen LogP contribution is 2.25. The Hall–Kier alpha value is -1.71. The number of nitrogens with one attached hydrogen (secondary N) is 1. The van der Waals surface area contributed by atoms with Crippen LogP contribution in [0.4, 0.5) is 11.4 Å². The second-order valence-corrected chi connectivity index (χ2v) is 5.36. The Morgan fingerprint density at radius 3 is 2.60 bits per heavy atom. The summed E-state index contributed by atoms with van der Waals surface area (Å²) in [4.78, 5) is 11.6. The molecule has 0 radical (unpaired) electrons. The number of carbonyl (C=O) groups excluding carboxylic acids is 1. The van der Waals surface area contributed by atoms with Crippen molar-refractivity contribution in [3.05, 3.63) is 23.8 Å². The molecule has 0 saturated heterocycles. The molecule has 4 heteroatoms. The first-order valence-corrected chi connectivity index (χ1v) is 7.54. The number of ether oxygens (including phenoxy) is 1. The van der Waals surface area contributed by atoms with Crippen molar-refractivity contribution in [1.82, 2.24) is 0 Å². The predicted molar refractivity (Wildman–Crippen MR) is 81.9 cm³/mol. The van der Waals surface area contributed by atoms with Gasteiger partial charge in [-0.25, -0.2) is 4.79 Å². The third-order valence-electron chi connectivity index (χ3n) is 3.78. The second-order valence-electron chi connectivity index (χ2n) is 5.36. The molecule has 3 N–H and O–H groups in total. The van der Waals surface area contributed by atoms with E-state index in [0.717, 1.165) is 5.69 Å². The average molecular weight is 276 g/mol. The van der Waals surface area contributed by atoms with Crippen molar-refractivity contribution in [3.8, 4) is 0 Å². The first kappa shape index (κ1) is 14.7. The first-order valence-electron chi connectivity index (χ1n) is 7.54. The summed E-state index contributed by atoms with van der Waals surface area (Å²) in [5.74, 6) is -0.319. The summed E-state index contributed by atoms with van der Waals surface area (Å²) in [6.07, 6.45) is 7.60. The third kappa shape index (κ3) is 3.89. The molecule has 1 aromatic carbocycles. The van der Waals surface area contributed by atoms with Gasteiger partial charge in [-0.3, -0.25) is 0 Å². The van der Waals surface area contributed by atoms with Crippen LogP contribution in [0.2, 0.25) is 0 Å². The lowest BCUT2D eigenvalue weighted by atomic mass is 10.1. The zero-order chi connectivity index (χ0) is 14.4. The Morgan fingerprint density at radius 2 is 2.00 bits per heavy atom. The molecule has 2 rings (SSSR count). The van der Waals surface area contributed by atoms with Crippen LogP contribution in [-0.4, -0.2) is 18.6 Å². The van der Waals surface area contributed by atoms with Crippen LogP contribution in [0.3, 0.4) is 0 Å². The van der Waals surface area contributed by atoms with E-state index in [1.165, 1.54) is 38.5 Å². The molecule has 0 atom stereocenters. The Morgan fingerprint density at radius 1 is 1.30 bits per heavy atom. The van der Waals surface area contributed by atoms with Crippen LogP contribution in [0.5, 0.6) is 0 Å². The maximum Gasteiger partial charge on any atom is 0.338 e. The number of nitrogen functional groups attached to an aromatic ring is 1. The molecule has 0 aliphatic heterocycles. The topological polar surface area (TPSA) is 64.3 Å². The van der Waals surface area contributed by atoms with Crippen LogP contribution in [-0.2, 0) is 4.74 Å². The van der Waals surface area contributed by atoms with Crippen molar-refractivity contribution in [1.29, 1.82) is 0 Å². The average Bonchev–Trinajstić information content (AvgIpc) is 2.70. The van der Waals surface area contributed by atoms with Crippen molar-refractivity contribution in [2.24, 2.45) is 0 Å². The SMILES string of the molecule is CCOC(=O)c1ccc(NC2CCCCCC2)c(N)c1. The van der Waals surface area contributed by atoms with Gasteiger partial charge in [0.1, 0.15) is 0 Å². The highest BCUT2D eigenvalue weighted by atomic mass is 16.5. The van der Waals surface area contributed by atoms with Gasteiger partial charge in [-0.1, -0.05) is 25.7 Å². The molecular formula is C16H24N2O2. The lowest BCUT2D eigenvalue weighted by Gasteiger charge is -2.19. The Labute approximate surface area is 120 Å². The number of nitrogens with two attached hydrogens (primary N) is 1. The summed E-state index contributed by atoms with van der Waals surface area (Å²) >= 11 is 0. The van der Waals surface area contributed by atoms with Crippen molar-refractivity contribution in [2.45, 2.75) is 51.5 Å². The number of esters is 1. The summed E-state index contributed by atoms with van der Waals surface area (Å²) < 4.78 is 4.97. The van der Waals surface area contributed by atoms with E-state index >= 15 is 0 Å². The standard InChI is InChI=1S/C16H24N2O2/c1-2-20-16(19)12-9-10-15(14(17)11-12)18-13-7-5-3-4-6-8-13/h9-11,13,18H,2-8,17H2,1H3. The van der Waals surface area contributed by atoms with Crippen LogP contribution < -0.4 is 11.1 Å². The van der Waals surface area contributed by atoms with E-state index in [-0.39, 0.29) is 5.97 Å². The molecule has 1 aromatic rings. The van der Waals surface area contributed by atoms with E-state index < -0.39 is 0 Å². The second kappa shape index (κ2) is 7.17. The lowest BCUT2D eigenvalue weighted by molar-refractivity contribution is 0.0526. The Balaban J connectivity index is 2.03. The van der Waals surface area contributed by atoms with E-state index in [0.29, 0.717) is 23.9 Å². The molecular weight excluding hydrogens is 252 g/mol. The maximum atomic E-state index is 11.6. The number of anilines is 2. The lowest BCUT2D eigenvalue weighted by Crippen LogP contribution is -2.19. The van der Waals surface area contributed by atoms with E-state index in [1.54, 1.807) is 19.1 Å². The number of hydrogen-bond acceptors (Lipinski definition) is 4. The van der Waals surface area contributed by atoms with Gasteiger partial charge in [0.15, 0.2) is 0 Å². The van der Waals surface area contributed by atoms with Gasteiger partial charge in [-0.2, -0.15) is 0 Å². The smallest absolute Gasteiger partial charge is 0.338 e. The van der Waals surface area contributed by atoms with E-state index in [1.807, 2.05) is 6.07 Å². The van der Waals surface area contributed by atoms with Gasteiger partial charge in [0.2, 0.25) is 0 Å². The summed E-state index contributed by atoms with van der Waals surface area (Å²) in [7, 11) is 0. The molecule has 0 spiro atoms. The minimum absolute atomic E-state index is 0.319. The molecule has 0 aromatic heterocycles. The highest BCUT2D eigenvalue weighted by molar-refractivity contribution is 5.91. The molecule has 1 aliphatic carbocycles. The maximum absolute atomic E-state index is 11.6. The molecule has 1 fully saturated rings. The first-order chi connectivity index (χ1) is 9.70. The van der Waals surface area contributed by atoms with Crippen molar-refractivity contribution >= 4 is 17.3 Å². The fourth-order valence-corrected chi connectivity index (χ4v) is 2.68. The van der Waals surface area contributed by atoms with Crippen LogP contribution in [0.15, 0.2) is 18.2 Å². The van der Waals surface area contributed by atoms with E-state index in [9.17, 15) is 4.79 Å². The molecule has 4 nitrogen and oxygen atoms in total. The van der Waals surface area contributed by atoms with Crippen molar-refractivity contribution in [3.63, 3.8) is 0 Å². The van der Waals surface area contributed by atoms with Gasteiger partial charge in [-0.05, 0) is 38.0 Å². The molecule has 20 heavy (non-hydrogen) atoms. The van der Waals surface area contributed by atoms with Crippen LogP contribution in [0.25, 0.3) is 0 Å². The Bertz CT molecular complexity index is 452. The highest BCUT2D eigenvalue weighted by Gasteiger charge is 2.14. The van der Waals surface area contributed by atoms with Gasteiger partial charge >= 0.3 is 5.97 Å². The number of benzene rings is 1. The predicted octanol–water partition coefficient (Wildman–Crippen LogP) is 3.58. The quantitative estimate of drug-likeness (QED) is 0.501. The molecule has 0 heterocycles. The van der Waals surface area contributed by atoms with E-state index in [4.69, 9.17) is 10.5 Å². The summed E-state index contributed by atoms with van der Waals surface area (Å²) in [6, 6.07) is 5.84. The van der Waals surface area contributed by atoms with Crippen molar-refractivity contribution in [2.75, 3.05) is 17.7 Å². The van der Waals surface area contributed by atoms with Gasteiger partial charge < -0.3 is 15.8 Å². The largest absolute Gasteiger partial charge is 0.462 e. The Kier molecular flexibility index (Phi) is 5.27. The third-order valence-corrected chi connectivity index (χ3v) is 3.78. The minimum Gasteiger partial charge on any atom is -0.462 e. The van der Waals surface area contributed by atoms with Crippen LogP contribution >= 0.6 is 0 Å². The monoisotopic (exact) mass is 276 g/mol. The molecule has 1 saturated carbocycles.